The minimum Gasteiger partial charge on any atom is -0.338 e. The molecular weight excluding hydrogens is 328 g/mol. The van der Waals surface area contributed by atoms with Gasteiger partial charge in [0.15, 0.2) is 0 Å². The maximum atomic E-state index is 12.4. The van der Waals surface area contributed by atoms with Crippen molar-refractivity contribution in [1.29, 1.82) is 0 Å². The Labute approximate surface area is 149 Å². The van der Waals surface area contributed by atoms with Crippen LogP contribution in [0.3, 0.4) is 0 Å². The average molecular weight is 355 g/mol. The Balaban J connectivity index is 0.00000288. The normalized spacial score (nSPS) is 16.9. The quantitative estimate of drug-likeness (QED) is 0.757. The zero-order chi connectivity index (χ0) is 16.7. The molecule has 3 amide bonds. The zero-order valence-corrected chi connectivity index (χ0v) is 15.1. The number of rotatable bonds is 5. The van der Waals surface area contributed by atoms with E-state index >= 15 is 0 Å². The molecule has 1 fully saturated rings. The van der Waals surface area contributed by atoms with Crippen molar-refractivity contribution in [1.82, 2.24) is 15.5 Å². The molecule has 2 rings (SSSR count). The van der Waals surface area contributed by atoms with E-state index in [-0.39, 0.29) is 30.4 Å². The first-order valence-electron chi connectivity index (χ1n) is 8.24. The van der Waals surface area contributed by atoms with Crippen molar-refractivity contribution in [3.63, 3.8) is 0 Å². The van der Waals surface area contributed by atoms with Gasteiger partial charge in [0.1, 0.15) is 0 Å². The third kappa shape index (κ3) is 6.02. The standard InChI is InChI=1S/C17H26N4O2.ClH/c1-3-8-19-17(23)20-15-6-4-14(5-7-15)11-16(22)21-10-9-18-12-13(21)2;/h4-7,13,18H,3,8-12H2,1-2H3,(H2,19,20,23);1H/t13-;/m1./s1. The van der Waals surface area contributed by atoms with Gasteiger partial charge in [0.05, 0.1) is 6.42 Å². The maximum Gasteiger partial charge on any atom is 0.319 e. The monoisotopic (exact) mass is 354 g/mol. The zero-order valence-electron chi connectivity index (χ0n) is 14.3. The molecule has 7 heteroatoms. The summed E-state index contributed by atoms with van der Waals surface area (Å²) in [6, 6.07) is 7.47. The van der Waals surface area contributed by atoms with Crippen LogP contribution in [-0.2, 0) is 11.2 Å². The van der Waals surface area contributed by atoms with Crippen LogP contribution in [0.2, 0.25) is 0 Å². The van der Waals surface area contributed by atoms with Crippen LogP contribution in [0.1, 0.15) is 25.8 Å². The van der Waals surface area contributed by atoms with Crippen LogP contribution in [0.25, 0.3) is 0 Å². The van der Waals surface area contributed by atoms with Gasteiger partial charge in [-0.1, -0.05) is 19.1 Å². The molecule has 0 saturated carbocycles. The van der Waals surface area contributed by atoms with Crippen molar-refractivity contribution >= 4 is 30.0 Å². The first kappa shape index (κ1) is 20.3. The van der Waals surface area contributed by atoms with E-state index in [0.29, 0.717) is 13.0 Å². The fraction of sp³-hybridized carbons (Fsp3) is 0.529. The lowest BCUT2D eigenvalue weighted by atomic mass is 10.1. The molecule has 1 aliphatic heterocycles. The number of urea groups is 1. The van der Waals surface area contributed by atoms with Crippen LogP contribution in [-0.4, -0.2) is 49.1 Å². The maximum absolute atomic E-state index is 12.4. The highest BCUT2D eigenvalue weighted by molar-refractivity contribution is 5.89. The number of anilines is 1. The second kappa shape index (κ2) is 10.2. The lowest BCUT2D eigenvalue weighted by Crippen LogP contribution is -2.52. The summed E-state index contributed by atoms with van der Waals surface area (Å²) in [5.74, 6) is 0.153. The van der Waals surface area contributed by atoms with E-state index in [1.807, 2.05) is 36.1 Å². The van der Waals surface area contributed by atoms with Crippen LogP contribution in [0, 0.1) is 0 Å². The minimum atomic E-state index is -0.203. The second-order valence-corrected chi connectivity index (χ2v) is 5.89. The smallest absolute Gasteiger partial charge is 0.319 e. The molecule has 0 bridgehead atoms. The Morgan fingerprint density at radius 1 is 1.29 bits per heavy atom. The number of benzene rings is 1. The van der Waals surface area contributed by atoms with Crippen molar-refractivity contribution < 1.29 is 9.59 Å². The third-order valence-electron chi connectivity index (χ3n) is 3.92. The van der Waals surface area contributed by atoms with E-state index in [1.54, 1.807) is 0 Å². The number of halogens is 1. The van der Waals surface area contributed by atoms with Gasteiger partial charge in [-0.3, -0.25) is 4.79 Å². The summed E-state index contributed by atoms with van der Waals surface area (Å²) < 4.78 is 0. The fourth-order valence-electron chi connectivity index (χ4n) is 2.61. The molecule has 1 saturated heterocycles. The summed E-state index contributed by atoms with van der Waals surface area (Å²) in [6.07, 6.45) is 1.30. The topological polar surface area (TPSA) is 73.5 Å². The van der Waals surface area contributed by atoms with Crippen LogP contribution in [0.15, 0.2) is 24.3 Å². The van der Waals surface area contributed by atoms with Gasteiger partial charge in [-0.2, -0.15) is 0 Å². The lowest BCUT2D eigenvalue weighted by Gasteiger charge is -2.34. The molecule has 24 heavy (non-hydrogen) atoms. The Bertz CT molecular complexity index is 536. The Morgan fingerprint density at radius 2 is 2.00 bits per heavy atom. The van der Waals surface area contributed by atoms with E-state index < -0.39 is 0 Å². The molecule has 0 aliphatic carbocycles. The first-order valence-corrected chi connectivity index (χ1v) is 8.24. The molecule has 3 N–H and O–H groups in total. The van der Waals surface area contributed by atoms with Crippen molar-refractivity contribution in [3.05, 3.63) is 29.8 Å². The number of hydrogen-bond donors (Lipinski definition) is 3. The molecule has 0 aromatic heterocycles. The number of carbonyl (C=O) groups is 2. The molecule has 1 atom stereocenters. The largest absolute Gasteiger partial charge is 0.338 e. The highest BCUT2D eigenvalue weighted by atomic mass is 35.5. The van der Waals surface area contributed by atoms with Crippen molar-refractivity contribution in [2.24, 2.45) is 0 Å². The van der Waals surface area contributed by atoms with E-state index in [9.17, 15) is 9.59 Å². The van der Waals surface area contributed by atoms with Gasteiger partial charge in [-0.15, -0.1) is 12.4 Å². The molecule has 0 spiro atoms. The minimum absolute atomic E-state index is 0. The van der Waals surface area contributed by atoms with Crippen LogP contribution in [0.5, 0.6) is 0 Å². The number of amides is 3. The first-order chi connectivity index (χ1) is 11.1. The molecule has 0 unspecified atom stereocenters. The third-order valence-corrected chi connectivity index (χ3v) is 3.92. The number of nitrogens with zero attached hydrogens (tertiary/aromatic N) is 1. The molecular formula is C17H27ClN4O2. The van der Waals surface area contributed by atoms with Crippen LogP contribution in [0.4, 0.5) is 10.5 Å². The van der Waals surface area contributed by atoms with E-state index in [0.717, 1.165) is 37.3 Å². The summed E-state index contributed by atoms with van der Waals surface area (Å²) in [6.45, 7) is 7.18. The van der Waals surface area contributed by atoms with Gasteiger partial charge in [0, 0.05) is 37.9 Å². The van der Waals surface area contributed by atoms with Crippen LogP contribution < -0.4 is 16.0 Å². The second-order valence-electron chi connectivity index (χ2n) is 5.89. The van der Waals surface area contributed by atoms with Gasteiger partial charge in [-0.25, -0.2) is 4.79 Å². The van der Waals surface area contributed by atoms with E-state index in [4.69, 9.17) is 0 Å². The molecule has 0 radical (unpaired) electrons. The number of hydrogen-bond acceptors (Lipinski definition) is 3. The summed E-state index contributed by atoms with van der Waals surface area (Å²) in [5, 5.41) is 8.82. The molecule has 1 aliphatic rings. The van der Waals surface area contributed by atoms with E-state index in [2.05, 4.69) is 22.9 Å². The molecule has 1 aromatic carbocycles. The van der Waals surface area contributed by atoms with Gasteiger partial charge in [0.2, 0.25) is 5.91 Å². The molecule has 1 aromatic rings. The van der Waals surface area contributed by atoms with Crippen molar-refractivity contribution in [2.45, 2.75) is 32.7 Å². The van der Waals surface area contributed by atoms with Crippen molar-refractivity contribution in [3.8, 4) is 0 Å². The lowest BCUT2D eigenvalue weighted by molar-refractivity contribution is -0.133. The van der Waals surface area contributed by atoms with Gasteiger partial charge in [0.25, 0.3) is 0 Å². The number of carbonyl (C=O) groups excluding carboxylic acids is 2. The highest BCUT2D eigenvalue weighted by Gasteiger charge is 2.22. The van der Waals surface area contributed by atoms with Gasteiger partial charge in [-0.05, 0) is 31.0 Å². The number of nitrogens with one attached hydrogen (secondary N) is 3. The number of piperazine rings is 1. The van der Waals surface area contributed by atoms with Gasteiger partial charge >= 0.3 is 6.03 Å². The summed E-state index contributed by atoms with van der Waals surface area (Å²) in [4.78, 5) is 25.9. The molecule has 6 nitrogen and oxygen atoms in total. The Kier molecular flexibility index (Phi) is 8.57. The van der Waals surface area contributed by atoms with Crippen molar-refractivity contribution in [2.75, 3.05) is 31.5 Å². The summed E-state index contributed by atoms with van der Waals surface area (Å²) in [7, 11) is 0. The van der Waals surface area contributed by atoms with Gasteiger partial charge < -0.3 is 20.9 Å². The average Bonchev–Trinajstić information content (AvgIpc) is 2.55. The summed E-state index contributed by atoms with van der Waals surface area (Å²) in [5.41, 5.74) is 1.69. The predicted molar refractivity (Wildman–Crippen MR) is 98.8 cm³/mol. The Morgan fingerprint density at radius 3 is 2.62 bits per heavy atom. The Hall–Kier alpha value is -1.79. The predicted octanol–water partition coefficient (Wildman–Crippen LogP) is 2.00. The highest BCUT2D eigenvalue weighted by Crippen LogP contribution is 2.12. The molecule has 134 valence electrons. The fourth-order valence-corrected chi connectivity index (χ4v) is 2.61. The summed E-state index contributed by atoms with van der Waals surface area (Å²) >= 11 is 0. The van der Waals surface area contributed by atoms with E-state index in [1.165, 1.54) is 0 Å². The molecule has 1 heterocycles. The SMILES string of the molecule is CCCNC(=O)Nc1ccc(CC(=O)N2CCNC[C@H]2C)cc1.Cl. The van der Waals surface area contributed by atoms with Crippen LogP contribution >= 0.6 is 12.4 Å².